The first-order valence-corrected chi connectivity index (χ1v) is 9.92. The molecule has 3 rings (SSSR count). The Labute approximate surface area is 166 Å². The van der Waals surface area contributed by atoms with Gasteiger partial charge in [0.25, 0.3) is 11.8 Å². The van der Waals surface area contributed by atoms with E-state index in [2.05, 4.69) is 6.92 Å². The maximum Gasteiger partial charge on any atom is 0.260 e. The molecule has 5 heteroatoms. The van der Waals surface area contributed by atoms with E-state index in [1.165, 1.54) is 5.56 Å². The van der Waals surface area contributed by atoms with Gasteiger partial charge in [0.05, 0.1) is 0 Å². The van der Waals surface area contributed by atoms with Crippen LogP contribution in [0.5, 0.6) is 5.75 Å². The summed E-state index contributed by atoms with van der Waals surface area (Å²) in [4.78, 5) is 28.6. The molecule has 0 aromatic heterocycles. The molecule has 28 heavy (non-hydrogen) atoms. The second-order valence-electron chi connectivity index (χ2n) is 7.22. The average molecular weight is 380 g/mol. The zero-order valence-corrected chi connectivity index (χ0v) is 16.7. The largest absolute Gasteiger partial charge is 0.484 e. The Bertz CT molecular complexity index is 792. The quantitative estimate of drug-likeness (QED) is 0.773. The molecule has 0 atom stereocenters. The maximum absolute atomic E-state index is 12.6. The summed E-state index contributed by atoms with van der Waals surface area (Å²) in [5.41, 5.74) is 3.10. The van der Waals surface area contributed by atoms with Crippen molar-refractivity contribution in [1.82, 2.24) is 9.80 Å². The molecule has 0 bridgehead atoms. The Morgan fingerprint density at radius 1 is 0.893 bits per heavy atom. The van der Waals surface area contributed by atoms with Gasteiger partial charge in [0, 0.05) is 31.7 Å². The van der Waals surface area contributed by atoms with Gasteiger partial charge in [-0.1, -0.05) is 43.2 Å². The number of aryl methyl sites for hydroxylation is 2. The summed E-state index contributed by atoms with van der Waals surface area (Å²) in [7, 11) is 0. The topological polar surface area (TPSA) is 49.9 Å². The van der Waals surface area contributed by atoms with Gasteiger partial charge in [-0.25, -0.2) is 0 Å². The van der Waals surface area contributed by atoms with Gasteiger partial charge < -0.3 is 14.5 Å². The highest BCUT2D eigenvalue weighted by atomic mass is 16.5. The van der Waals surface area contributed by atoms with Crippen molar-refractivity contribution in [2.45, 2.75) is 26.7 Å². The first-order chi connectivity index (χ1) is 13.6. The lowest BCUT2D eigenvalue weighted by Gasteiger charge is -2.34. The number of carbonyl (C=O) groups excluding carboxylic acids is 2. The number of piperazine rings is 1. The minimum atomic E-state index is -0.0416. The highest BCUT2D eigenvalue weighted by Crippen LogP contribution is 2.14. The van der Waals surface area contributed by atoms with E-state index in [4.69, 9.17) is 4.74 Å². The van der Waals surface area contributed by atoms with Crippen LogP contribution in [0.3, 0.4) is 0 Å². The first-order valence-electron chi connectivity index (χ1n) is 9.92. The van der Waals surface area contributed by atoms with E-state index < -0.39 is 0 Å². The van der Waals surface area contributed by atoms with Crippen molar-refractivity contribution in [1.29, 1.82) is 0 Å². The second-order valence-corrected chi connectivity index (χ2v) is 7.22. The Morgan fingerprint density at radius 2 is 1.50 bits per heavy atom. The molecule has 5 nitrogen and oxygen atoms in total. The number of amides is 2. The molecule has 0 aliphatic carbocycles. The number of benzene rings is 2. The molecule has 0 saturated carbocycles. The number of hydrogen-bond donors (Lipinski definition) is 0. The number of nitrogens with zero attached hydrogens (tertiary/aromatic N) is 2. The third-order valence-electron chi connectivity index (χ3n) is 5.04. The van der Waals surface area contributed by atoms with Gasteiger partial charge in [-0.15, -0.1) is 0 Å². The third kappa shape index (κ3) is 5.12. The van der Waals surface area contributed by atoms with Crippen LogP contribution in [0.15, 0.2) is 48.5 Å². The fraction of sp³-hybridized carbons (Fsp3) is 0.391. The van der Waals surface area contributed by atoms with Gasteiger partial charge in [-0.3, -0.25) is 9.59 Å². The minimum Gasteiger partial charge on any atom is -0.484 e. The lowest BCUT2D eigenvalue weighted by atomic mass is 10.1. The lowest BCUT2D eigenvalue weighted by molar-refractivity contribution is -0.134. The van der Waals surface area contributed by atoms with E-state index >= 15 is 0 Å². The first kappa shape index (κ1) is 19.9. The summed E-state index contributed by atoms with van der Waals surface area (Å²) in [6.45, 7) is 6.34. The van der Waals surface area contributed by atoms with Crippen LogP contribution in [0.2, 0.25) is 0 Å². The number of hydrogen-bond acceptors (Lipinski definition) is 3. The average Bonchev–Trinajstić information content (AvgIpc) is 2.73. The fourth-order valence-electron chi connectivity index (χ4n) is 3.32. The Kier molecular flexibility index (Phi) is 6.69. The van der Waals surface area contributed by atoms with Gasteiger partial charge in [0.15, 0.2) is 6.61 Å². The molecule has 0 N–H and O–H groups in total. The van der Waals surface area contributed by atoms with Crippen LogP contribution in [0, 0.1) is 6.92 Å². The van der Waals surface area contributed by atoms with Crippen molar-refractivity contribution < 1.29 is 14.3 Å². The Balaban J connectivity index is 1.45. The van der Waals surface area contributed by atoms with Crippen molar-refractivity contribution in [2.75, 3.05) is 32.8 Å². The monoisotopic (exact) mass is 380 g/mol. The van der Waals surface area contributed by atoms with Gasteiger partial charge in [0.2, 0.25) is 0 Å². The van der Waals surface area contributed by atoms with Crippen LogP contribution in [-0.2, 0) is 11.2 Å². The molecule has 2 amide bonds. The fourth-order valence-corrected chi connectivity index (χ4v) is 3.32. The van der Waals surface area contributed by atoms with E-state index in [0.29, 0.717) is 37.5 Å². The molecular weight excluding hydrogens is 352 g/mol. The van der Waals surface area contributed by atoms with Crippen molar-refractivity contribution in [3.05, 3.63) is 65.2 Å². The van der Waals surface area contributed by atoms with E-state index in [-0.39, 0.29) is 18.4 Å². The molecule has 1 aliphatic heterocycles. The molecular formula is C23H28N2O3. The van der Waals surface area contributed by atoms with E-state index in [1.807, 2.05) is 60.4 Å². The van der Waals surface area contributed by atoms with Crippen molar-refractivity contribution in [2.24, 2.45) is 0 Å². The highest BCUT2D eigenvalue weighted by Gasteiger charge is 2.25. The van der Waals surface area contributed by atoms with Crippen LogP contribution < -0.4 is 4.74 Å². The van der Waals surface area contributed by atoms with Gasteiger partial charge in [0.1, 0.15) is 5.75 Å². The Hall–Kier alpha value is -2.82. The van der Waals surface area contributed by atoms with Crippen molar-refractivity contribution >= 4 is 11.8 Å². The molecule has 2 aromatic carbocycles. The van der Waals surface area contributed by atoms with Gasteiger partial charge >= 0.3 is 0 Å². The molecule has 1 heterocycles. The molecule has 0 unspecified atom stereocenters. The molecule has 1 saturated heterocycles. The molecule has 1 fully saturated rings. The third-order valence-corrected chi connectivity index (χ3v) is 5.04. The standard InChI is InChI=1S/C23H28N2O3/c1-3-4-19-7-11-21(12-8-19)28-17-22(26)24-13-15-25(16-14-24)23(27)20-9-5-18(2)6-10-20/h5-12H,3-4,13-17H2,1-2H3. The number of ether oxygens (including phenoxy) is 1. The maximum atomic E-state index is 12.6. The zero-order chi connectivity index (χ0) is 19.9. The van der Waals surface area contributed by atoms with Gasteiger partial charge in [-0.2, -0.15) is 0 Å². The number of carbonyl (C=O) groups is 2. The van der Waals surface area contributed by atoms with Crippen LogP contribution in [0.25, 0.3) is 0 Å². The molecule has 0 spiro atoms. The SMILES string of the molecule is CCCc1ccc(OCC(=O)N2CCN(C(=O)c3ccc(C)cc3)CC2)cc1. The summed E-state index contributed by atoms with van der Waals surface area (Å²) >= 11 is 0. The predicted molar refractivity (Wildman–Crippen MR) is 110 cm³/mol. The Morgan fingerprint density at radius 3 is 2.11 bits per heavy atom. The van der Waals surface area contributed by atoms with Crippen LogP contribution in [0.4, 0.5) is 0 Å². The normalized spacial score (nSPS) is 14.1. The predicted octanol–water partition coefficient (Wildman–Crippen LogP) is 3.31. The van der Waals surface area contributed by atoms with Crippen molar-refractivity contribution in [3.63, 3.8) is 0 Å². The van der Waals surface area contributed by atoms with Crippen LogP contribution in [-0.4, -0.2) is 54.4 Å². The smallest absolute Gasteiger partial charge is 0.260 e. The summed E-state index contributed by atoms with van der Waals surface area (Å²) in [5.74, 6) is 0.692. The second kappa shape index (κ2) is 9.40. The van der Waals surface area contributed by atoms with E-state index in [9.17, 15) is 9.59 Å². The number of rotatable bonds is 6. The molecule has 148 valence electrons. The molecule has 2 aromatic rings. The zero-order valence-electron chi connectivity index (χ0n) is 16.7. The minimum absolute atomic E-state index is 0.0236. The highest BCUT2D eigenvalue weighted by molar-refractivity contribution is 5.94. The van der Waals surface area contributed by atoms with Crippen LogP contribution >= 0.6 is 0 Å². The molecule has 0 radical (unpaired) electrons. The summed E-state index contributed by atoms with van der Waals surface area (Å²) < 4.78 is 5.64. The van der Waals surface area contributed by atoms with Crippen molar-refractivity contribution in [3.8, 4) is 5.75 Å². The van der Waals surface area contributed by atoms with Crippen LogP contribution in [0.1, 0.15) is 34.8 Å². The summed E-state index contributed by atoms with van der Waals surface area (Å²) in [6, 6.07) is 15.5. The molecule has 1 aliphatic rings. The lowest BCUT2D eigenvalue weighted by Crippen LogP contribution is -2.51. The summed E-state index contributed by atoms with van der Waals surface area (Å²) in [6.07, 6.45) is 2.15. The summed E-state index contributed by atoms with van der Waals surface area (Å²) in [5, 5.41) is 0. The van der Waals surface area contributed by atoms with E-state index in [0.717, 1.165) is 18.4 Å². The van der Waals surface area contributed by atoms with Gasteiger partial charge in [-0.05, 0) is 43.2 Å². The van der Waals surface area contributed by atoms with E-state index in [1.54, 1.807) is 4.90 Å².